The molecule has 0 amide bonds. The van der Waals surface area contributed by atoms with E-state index in [1.807, 2.05) is 0 Å². The van der Waals surface area contributed by atoms with Crippen molar-refractivity contribution in [3.8, 4) is 6.07 Å². The first-order valence-corrected chi connectivity index (χ1v) is 5.36. The minimum atomic E-state index is -0.489. The zero-order valence-electron chi connectivity index (χ0n) is 8.29. The molecule has 0 aromatic rings. The van der Waals surface area contributed by atoms with E-state index >= 15 is 0 Å². The smallest absolute Gasteiger partial charge is 0.138 e. The molecule has 2 aliphatic rings. The fraction of sp³-hybridized carbons (Fsp3) is 0.500. The minimum Gasteiger partial charge on any atom is -0.286 e. The molecule has 0 spiro atoms. The average Bonchev–Trinajstić information content (AvgIpc) is 2.27. The van der Waals surface area contributed by atoms with E-state index in [2.05, 4.69) is 6.07 Å². The molecule has 5 heteroatoms. The SMILES string of the molecule is N#CC1C(=N)N(N)C(=S)C2=C1CCCC2. The molecule has 0 radical (unpaired) electrons. The van der Waals surface area contributed by atoms with Gasteiger partial charge in [-0.15, -0.1) is 0 Å². The maximum Gasteiger partial charge on any atom is 0.138 e. The van der Waals surface area contributed by atoms with Gasteiger partial charge in [0.25, 0.3) is 0 Å². The van der Waals surface area contributed by atoms with Gasteiger partial charge >= 0.3 is 0 Å². The summed E-state index contributed by atoms with van der Waals surface area (Å²) in [5.41, 5.74) is 2.06. The summed E-state index contributed by atoms with van der Waals surface area (Å²) in [4.78, 5) is 0.529. The van der Waals surface area contributed by atoms with Gasteiger partial charge in [0.2, 0.25) is 0 Å². The van der Waals surface area contributed by atoms with Gasteiger partial charge in [-0.05, 0) is 36.8 Å². The molecule has 0 bridgehead atoms. The van der Waals surface area contributed by atoms with Crippen LogP contribution in [0.25, 0.3) is 0 Å². The molecule has 0 fully saturated rings. The number of nitrogens with one attached hydrogen (secondary N) is 1. The van der Waals surface area contributed by atoms with Crippen LogP contribution in [0.3, 0.4) is 0 Å². The van der Waals surface area contributed by atoms with Crippen molar-refractivity contribution in [3.05, 3.63) is 11.1 Å². The van der Waals surface area contributed by atoms with E-state index < -0.39 is 5.92 Å². The van der Waals surface area contributed by atoms with E-state index in [-0.39, 0.29) is 5.84 Å². The zero-order chi connectivity index (χ0) is 11.0. The van der Waals surface area contributed by atoms with Crippen LogP contribution in [0, 0.1) is 22.7 Å². The monoisotopic (exact) mass is 220 g/mol. The average molecular weight is 220 g/mol. The molecule has 4 nitrogen and oxygen atoms in total. The van der Waals surface area contributed by atoms with Crippen LogP contribution >= 0.6 is 12.2 Å². The molecule has 1 aliphatic carbocycles. The summed E-state index contributed by atoms with van der Waals surface area (Å²) in [6.45, 7) is 0. The van der Waals surface area contributed by atoms with Gasteiger partial charge in [0, 0.05) is 0 Å². The Morgan fingerprint density at radius 2 is 2.13 bits per heavy atom. The number of nitrogens with two attached hydrogens (primary N) is 1. The molecule has 15 heavy (non-hydrogen) atoms. The summed E-state index contributed by atoms with van der Waals surface area (Å²) in [6.07, 6.45) is 3.95. The molecule has 3 N–H and O–H groups in total. The first-order chi connectivity index (χ1) is 7.16. The first kappa shape index (κ1) is 10.3. The molecular formula is C10H12N4S. The third kappa shape index (κ3) is 1.46. The topological polar surface area (TPSA) is 76.9 Å². The van der Waals surface area contributed by atoms with Gasteiger partial charge in [0.15, 0.2) is 0 Å². The van der Waals surface area contributed by atoms with Gasteiger partial charge in [0.1, 0.15) is 16.7 Å². The highest BCUT2D eigenvalue weighted by Gasteiger charge is 2.35. The lowest BCUT2D eigenvalue weighted by molar-refractivity contribution is 0.567. The van der Waals surface area contributed by atoms with E-state index in [1.165, 1.54) is 5.01 Å². The Kier molecular flexibility index (Phi) is 2.55. The summed E-state index contributed by atoms with van der Waals surface area (Å²) in [6, 6.07) is 2.14. The number of hydrogen-bond donors (Lipinski definition) is 2. The molecule has 0 aromatic carbocycles. The number of amidine groups is 1. The normalized spacial score (nSPS) is 26.4. The second-order valence-electron chi connectivity index (χ2n) is 3.83. The maximum absolute atomic E-state index is 9.05. The molecule has 1 heterocycles. The zero-order valence-corrected chi connectivity index (χ0v) is 9.10. The Labute approximate surface area is 93.8 Å². The lowest BCUT2D eigenvalue weighted by Crippen LogP contribution is -2.49. The van der Waals surface area contributed by atoms with Gasteiger partial charge in [-0.3, -0.25) is 10.4 Å². The predicted molar refractivity (Wildman–Crippen MR) is 60.9 cm³/mol. The van der Waals surface area contributed by atoms with Crippen LogP contribution in [0.1, 0.15) is 25.7 Å². The third-order valence-electron chi connectivity index (χ3n) is 3.00. The van der Waals surface area contributed by atoms with Gasteiger partial charge in [0.05, 0.1) is 6.07 Å². The highest BCUT2D eigenvalue weighted by molar-refractivity contribution is 7.80. The summed E-state index contributed by atoms with van der Waals surface area (Å²) < 4.78 is 0. The van der Waals surface area contributed by atoms with Crippen molar-refractivity contribution in [1.82, 2.24) is 5.01 Å². The van der Waals surface area contributed by atoms with Crippen LogP contribution < -0.4 is 5.84 Å². The molecule has 0 saturated carbocycles. The van der Waals surface area contributed by atoms with Crippen molar-refractivity contribution in [2.24, 2.45) is 11.8 Å². The van der Waals surface area contributed by atoms with Gasteiger partial charge in [-0.1, -0.05) is 12.2 Å². The second kappa shape index (κ2) is 3.72. The summed E-state index contributed by atoms with van der Waals surface area (Å²) >= 11 is 5.20. The fourth-order valence-corrected chi connectivity index (χ4v) is 2.52. The number of hydrazine groups is 1. The Bertz CT molecular complexity index is 404. The third-order valence-corrected chi connectivity index (χ3v) is 3.44. The highest BCUT2D eigenvalue weighted by atomic mass is 32.1. The summed E-state index contributed by atoms with van der Waals surface area (Å²) in [7, 11) is 0. The van der Waals surface area contributed by atoms with Crippen LogP contribution in [0.4, 0.5) is 0 Å². The van der Waals surface area contributed by atoms with Gasteiger partial charge in [-0.25, -0.2) is 5.84 Å². The van der Waals surface area contributed by atoms with Crippen LogP contribution in [0.15, 0.2) is 11.1 Å². The molecule has 1 unspecified atom stereocenters. The van der Waals surface area contributed by atoms with Crippen LogP contribution in [-0.4, -0.2) is 15.8 Å². The lowest BCUT2D eigenvalue weighted by atomic mass is 9.81. The standard InChI is InChI=1S/C10H12N4S/c11-5-8-6-3-1-2-4-7(6)10(15)14(13)9(8)12/h8,12H,1-4,13H2. The molecule has 1 aliphatic heterocycles. The van der Waals surface area contributed by atoms with Gasteiger partial charge in [-0.2, -0.15) is 5.26 Å². The van der Waals surface area contributed by atoms with Crippen molar-refractivity contribution >= 4 is 23.0 Å². The van der Waals surface area contributed by atoms with E-state index in [9.17, 15) is 0 Å². The molecule has 1 atom stereocenters. The summed E-state index contributed by atoms with van der Waals surface area (Å²) in [5.74, 6) is 5.30. The van der Waals surface area contributed by atoms with Gasteiger partial charge < -0.3 is 0 Å². The Morgan fingerprint density at radius 3 is 2.80 bits per heavy atom. The minimum absolute atomic E-state index is 0.114. The first-order valence-electron chi connectivity index (χ1n) is 4.96. The Morgan fingerprint density at radius 1 is 1.47 bits per heavy atom. The quantitative estimate of drug-likeness (QED) is 0.479. The van der Waals surface area contributed by atoms with E-state index in [4.69, 9.17) is 28.7 Å². The Balaban J connectivity index is 2.50. The van der Waals surface area contributed by atoms with Crippen molar-refractivity contribution in [3.63, 3.8) is 0 Å². The number of nitriles is 1. The number of rotatable bonds is 0. The van der Waals surface area contributed by atoms with Crippen molar-refractivity contribution in [2.75, 3.05) is 0 Å². The Hall–Kier alpha value is -1.25. The summed E-state index contributed by atoms with van der Waals surface area (Å²) in [5, 5.41) is 18.0. The number of hydrogen-bond acceptors (Lipinski definition) is 4. The molecule has 78 valence electrons. The highest BCUT2D eigenvalue weighted by Crippen LogP contribution is 2.35. The van der Waals surface area contributed by atoms with E-state index in [0.29, 0.717) is 4.99 Å². The van der Waals surface area contributed by atoms with E-state index in [0.717, 1.165) is 36.8 Å². The molecule has 2 rings (SSSR count). The van der Waals surface area contributed by atoms with Crippen molar-refractivity contribution < 1.29 is 0 Å². The van der Waals surface area contributed by atoms with Crippen molar-refractivity contribution in [1.29, 1.82) is 10.7 Å². The lowest BCUT2D eigenvalue weighted by Gasteiger charge is -2.35. The molecule has 0 aromatic heterocycles. The molecular weight excluding hydrogens is 208 g/mol. The van der Waals surface area contributed by atoms with E-state index in [1.54, 1.807) is 0 Å². The number of thiocarbonyl (C=S) groups is 1. The fourth-order valence-electron chi connectivity index (χ4n) is 2.19. The molecule has 0 saturated heterocycles. The largest absolute Gasteiger partial charge is 0.286 e. The maximum atomic E-state index is 9.05. The predicted octanol–water partition coefficient (Wildman–Crippen LogP) is 1.49. The van der Waals surface area contributed by atoms with Crippen LogP contribution in [0.5, 0.6) is 0 Å². The van der Waals surface area contributed by atoms with Crippen molar-refractivity contribution in [2.45, 2.75) is 25.7 Å². The second-order valence-corrected chi connectivity index (χ2v) is 4.22. The number of nitrogens with zero attached hydrogens (tertiary/aromatic N) is 2. The van der Waals surface area contributed by atoms with Crippen LogP contribution in [0.2, 0.25) is 0 Å². The van der Waals surface area contributed by atoms with Crippen LogP contribution in [-0.2, 0) is 0 Å².